The Balaban J connectivity index is 1.84. The van der Waals surface area contributed by atoms with Gasteiger partial charge in [-0.15, -0.1) is 0 Å². The van der Waals surface area contributed by atoms with Crippen LogP contribution >= 0.6 is 0 Å². The molecule has 0 fully saturated rings. The van der Waals surface area contributed by atoms with Gasteiger partial charge < -0.3 is 15.0 Å². The first kappa shape index (κ1) is 18.0. The molecular weight excluding hydrogens is 328 g/mol. The molecule has 0 bridgehead atoms. The second-order valence-corrected chi connectivity index (χ2v) is 6.69. The van der Waals surface area contributed by atoms with Gasteiger partial charge in [0.1, 0.15) is 5.75 Å². The average molecular weight is 352 g/mol. The van der Waals surface area contributed by atoms with E-state index >= 15 is 0 Å². The fraction of sp³-hybridized carbons (Fsp3) is 0.333. The molecule has 2 amide bonds. The van der Waals surface area contributed by atoms with Gasteiger partial charge in [-0.05, 0) is 62.6 Å². The van der Waals surface area contributed by atoms with Gasteiger partial charge in [-0.1, -0.05) is 13.0 Å². The molecular formula is C21H24N2O3. The lowest BCUT2D eigenvalue weighted by atomic mass is 10.1. The van der Waals surface area contributed by atoms with Crippen molar-refractivity contribution in [1.29, 1.82) is 0 Å². The highest BCUT2D eigenvalue weighted by atomic mass is 16.5. The number of fused-ring (bicyclic) bond motifs is 1. The Morgan fingerprint density at radius 3 is 2.62 bits per heavy atom. The second kappa shape index (κ2) is 7.20. The van der Waals surface area contributed by atoms with Crippen LogP contribution in [0.1, 0.15) is 41.8 Å². The zero-order valence-corrected chi connectivity index (χ0v) is 15.6. The number of amides is 2. The van der Waals surface area contributed by atoms with E-state index in [1.165, 1.54) is 0 Å². The van der Waals surface area contributed by atoms with Gasteiger partial charge in [0.25, 0.3) is 11.8 Å². The summed E-state index contributed by atoms with van der Waals surface area (Å²) < 4.78 is 5.74. The van der Waals surface area contributed by atoms with Crippen LogP contribution in [-0.4, -0.2) is 24.5 Å². The van der Waals surface area contributed by atoms with Crippen molar-refractivity contribution in [2.45, 2.75) is 40.2 Å². The molecule has 1 aliphatic rings. The molecule has 1 atom stereocenters. The maximum Gasteiger partial charge on any atom is 0.267 e. The van der Waals surface area contributed by atoms with E-state index in [-0.39, 0.29) is 11.8 Å². The summed E-state index contributed by atoms with van der Waals surface area (Å²) in [6.45, 7) is 8.43. The molecule has 2 aromatic rings. The van der Waals surface area contributed by atoms with E-state index in [4.69, 9.17) is 4.74 Å². The highest BCUT2D eigenvalue weighted by Gasteiger charge is 2.31. The lowest BCUT2D eigenvalue weighted by molar-refractivity contribution is -0.125. The number of benzene rings is 2. The molecule has 3 rings (SSSR count). The van der Waals surface area contributed by atoms with E-state index in [1.807, 2.05) is 45.0 Å². The van der Waals surface area contributed by atoms with Gasteiger partial charge in [0.15, 0.2) is 6.10 Å². The number of carbonyl (C=O) groups is 2. The molecule has 0 saturated heterocycles. The molecule has 1 N–H and O–H groups in total. The highest BCUT2D eigenvalue weighted by molar-refractivity contribution is 6.05. The number of rotatable bonds is 4. The standard InChI is InChI=1S/C21H24N2O3/c1-5-10-23-18-9-8-17(12-19(18)26-15(4)21(23)25)22-20(24)16-7-6-13(2)14(3)11-16/h6-9,11-12,15H,5,10H2,1-4H3,(H,22,24). The quantitative estimate of drug-likeness (QED) is 0.902. The fourth-order valence-electron chi connectivity index (χ4n) is 3.03. The molecule has 2 aromatic carbocycles. The van der Waals surface area contributed by atoms with Crippen LogP contribution in [0.15, 0.2) is 36.4 Å². The first-order chi connectivity index (χ1) is 12.4. The highest BCUT2D eigenvalue weighted by Crippen LogP contribution is 2.36. The van der Waals surface area contributed by atoms with Crippen molar-refractivity contribution in [3.8, 4) is 5.75 Å². The summed E-state index contributed by atoms with van der Waals surface area (Å²) in [5.41, 5.74) is 4.24. The zero-order chi connectivity index (χ0) is 18.8. The number of hydrogen-bond donors (Lipinski definition) is 1. The predicted molar refractivity (Wildman–Crippen MR) is 103 cm³/mol. The third kappa shape index (κ3) is 3.43. The Bertz CT molecular complexity index is 860. The zero-order valence-electron chi connectivity index (χ0n) is 15.6. The van der Waals surface area contributed by atoms with Crippen molar-refractivity contribution >= 4 is 23.2 Å². The van der Waals surface area contributed by atoms with Gasteiger partial charge in [-0.25, -0.2) is 0 Å². The molecule has 0 radical (unpaired) electrons. The molecule has 1 unspecified atom stereocenters. The number of nitrogens with zero attached hydrogens (tertiary/aromatic N) is 1. The van der Waals surface area contributed by atoms with Crippen LogP contribution in [0, 0.1) is 13.8 Å². The summed E-state index contributed by atoms with van der Waals surface area (Å²) in [5.74, 6) is 0.410. The minimum atomic E-state index is -0.528. The van der Waals surface area contributed by atoms with E-state index < -0.39 is 6.10 Å². The lowest BCUT2D eigenvalue weighted by Gasteiger charge is -2.33. The van der Waals surface area contributed by atoms with E-state index in [1.54, 1.807) is 24.0 Å². The summed E-state index contributed by atoms with van der Waals surface area (Å²) in [4.78, 5) is 26.6. The molecule has 5 nitrogen and oxygen atoms in total. The number of nitrogens with one attached hydrogen (secondary N) is 1. The van der Waals surface area contributed by atoms with Gasteiger partial charge in [-0.2, -0.15) is 0 Å². The molecule has 0 aromatic heterocycles. The number of ether oxygens (including phenoxy) is 1. The molecule has 26 heavy (non-hydrogen) atoms. The van der Waals surface area contributed by atoms with Crippen LogP contribution in [-0.2, 0) is 4.79 Å². The monoisotopic (exact) mass is 352 g/mol. The third-order valence-corrected chi connectivity index (χ3v) is 4.64. The average Bonchev–Trinajstić information content (AvgIpc) is 2.61. The largest absolute Gasteiger partial charge is 0.479 e. The van der Waals surface area contributed by atoms with Crippen molar-refractivity contribution in [3.05, 3.63) is 53.1 Å². The third-order valence-electron chi connectivity index (χ3n) is 4.64. The van der Waals surface area contributed by atoms with Gasteiger partial charge >= 0.3 is 0 Å². The number of hydrogen-bond acceptors (Lipinski definition) is 3. The van der Waals surface area contributed by atoms with Crippen molar-refractivity contribution < 1.29 is 14.3 Å². The molecule has 1 heterocycles. The van der Waals surface area contributed by atoms with Crippen LogP contribution < -0.4 is 15.0 Å². The maximum absolute atomic E-state index is 12.5. The first-order valence-electron chi connectivity index (χ1n) is 8.91. The minimum Gasteiger partial charge on any atom is -0.479 e. The van der Waals surface area contributed by atoms with Crippen LogP contribution in [0.5, 0.6) is 5.75 Å². The summed E-state index contributed by atoms with van der Waals surface area (Å²) in [5, 5.41) is 2.91. The van der Waals surface area contributed by atoms with Gasteiger partial charge in [0, 0.05) is 23.9 Å². The smallest absolute Gasteiger partial charge is 0.267 e. The van der Waals surface area contributed by atoms with Gasteiger partial charge in [0.2, 0.25) is 0 Å². The summed E-state index contributed by atoms with van der Waals surface area (Å²) in [6.07, 6.45) is 0.336. The van der Waals surface area contributed by atoms with Crippen molar-refractivity contribution in [2.75, 3.05) is 16.8 Å². The molecule has 0 spiro atoms. The molecule has 1 aliphatic heterocycles. The summed E-state index contributed by atoms with van der Waals surface area (Å²) >= 11 is 0. The second-order valence-electron chi connectivity index (χ2n) is 6.69. The Labute approximate surface area is 154 Å². The number of aryl methyl sites for hydroxylation is 2. The molecule has 5 heteroatoms. The molecule has 0 aliphatic carbocycles. The fourth-order valence-corrected chi connectivity index (χ4v) is 3.03. The maximum atomic E-state index is 12.5. The van der Waals surface area contributed by atoms with Gasteiger partial charge in [-0.3, -0.25) is 9.59 Å². The Morgan fingerprint density at radius 1 is 1.15 bits per heavy atom. The van der Waals surface area contributed by atoms with E-state index in [0.29, 0.717) is 23.5 Å². The van der Waals surface area contributed by atoms with Crippen LogP contribution in [0.2, 0.25) is 0 Å². The Kier molecular flexibility index (Phi) is 4.98. The minimum absolute atomic E-state index is 0.0359. The Morgan fingerprint density at radius 2 is 1.92 bits per heavy atom. The van der Waals surface area contributed by atoms with Crippen molar-refractivity contribution in [3.63, 3.8) is 0 Å². The van der Waals surface area contributed by atoms with Crippen LogP contribution in [0.3, 0.4) is 0 Å². The van der Waals surface area contributed by atoms with Crippen molar-refractivity contribution in [2.24, 2.45) is 0 Å². The molecule has 136 valence electrons. The SMILES string of the molecule is CCCN1C(=O)C(C)Oc2cc(NC(=O)c3ccc(C)c(C)c3)ccc21. The van der Waals surface area contributed by atoms with Crippen molar-refractivity contribution in [1.82, 2.24) is 0 Å². The number of carbonyl (C=O) groups excluding carboxylic acids is 2. The lowest BCUT2D eigenvalue weighted by Crippen LogP contribution is -2.44. The number of anilines is 2. The van der Waals surface area contributed by atoms with Crippen LogP contribution in [0.25, 0.3) is 0 Å². The topological polar surface area (TPSA) is 58.6 Å². The Hall–Kier alpha value is -2.82. The van der Waals surface area contributed by atoms with Crippen LogP contribution in [0.4, 0.5) is 11.4 Å². The van der Waals surface area contributed by atoms with Gasteiger partial charge in [0.05, 0.1) is 5.69 Å². The summed E-state index contributed by atoms with van der Waals surface area (Å²) in [6, 6.07) is 11.0. The van der Waals surface area contributed by atoms with E-state index in [2.05, 4.69) is 5.32 Å². The predicted octanol–water partition coefficient (Wildman–Crippen LogP) is 4.08. The molecule has 0 saturated carbocycles. The van der Waals surface area contributed by atoms with E-state index in [0.717, 1.165) is 23.2 Å². The van der Waals surface area contributed by atoms with E-state index in [9.17, 15) is 9.59 Å². The summed E-state index contributed by atoms with van der Waals surface area (Å²) in [7, 11) is 0. The normalized spacial score (nSPS) is 16.1. The first-order valence-corrected chi connectivity index (χ1v) is 8.91.